The molecule has 2 fully saturated rings. The minimum atomic E-state index is -0.215. The van der Waals surface area contributed by atoms with E-state index in [0.717, 1.165) is 19.4 Å². The number of fused-ring (bicyclic) bond motifs is 1. The third kappa shape index (κ3) is 0.574. The number of cyclic esters (lactones) is 1. The second-order valence-corrected chi connectivity index (χ2v) is 2.69. The molecular weight excluding hydrogens is 130 g/mol. The summed E-state index contributed by atoms with van der Waals surface area (Å²) in [4.78, 5) is 12.6. The van der Waals surface area contributed by atoms with Crippen LogP contribution in [0.25, 0.3) is 0 Å². The Hall–Kier alpha value is -0.990. The van der Waals surface area contributed by atoms with E-state index in [-0.39, 0.29) is 12.1 Å². The maximum absolute atomic E-state index is 10.9. The molecule has 2 heterocycles. The van der Waals surface area contributed by atoms with Gasteiger partial charge in [0.25, 0.3) is 0 Å². The minimum absolute atomic E-state index is 0.187. The van der Waals surface area contributed by atoms with Crippen molar-refractivity contribution >= 4 is 6.09 Å². The molecular formula is C7H9NO2. The van der Waals surface area contributed by atoms with Crippen molar-refractivity contribution in [3.8, 4) is 0 Å². The van der Waals surface area contributed by atoms with Crippen molar-refractivity contribution in [3.05, 3.63) is 12.3 Å². The van der Waals surface area contributed by atoms with Gasteiger partial charge in [0.15, 0.2) is 0 Å². The van der Waals surface area contributed by atoms with E-state index >= 15 is 0 Å². The van der Waals surface area contributed by atoms with E-state index in [1.165, 1.54) is 0 Å². The molecule has 1 atom stereocenters. The smallest absolute Gasteiger partial charge is 0.413 e. The number of amides is 1. The molecule has 54 valence electrons. The summed E-state index contributed by atoms with van der Waals surface area (Å²) in [6.45, 7) is 4.50. The molecule has 2 aliphatic heterocycles. The standard InChI is InChI=1S/C7H9NO2/c1-5-6-3-2-4-8(6)7(9)10-5/h6H,1-4H2/t6-/m1/s1. The zero-order valence-corrected chi connectivity index (χ0v) is 5.67. The first-order valence-corrected chi connectivity index (χ1v) is 3.46. The molecule has 0 saturated carbocycles. The summed E-state index contributed by atoms with van der Waals surface area (Å²) < 4.78 is 4.82. The second kappa shape index (κ2) is 1.75. The summed E-state index contributed by atoms with van der Waals surface area (Å²) in [7, 11) is 0. The van der Waals surface area contributed by atoms with Gasteiger partial charge in [0.2, 0.25) is 0 Å². The quantitative estimate of drug-likeness (QED) is 0.503. The van der Waals surface area contributed by atoms with E-state index in [1.54, 1.807) is 4.90 Å². The second-order valence-electron chi connectivity index (χ2n) is 2.69. The van der Waals surface area contributed by atoms with E-state index in [2.05, 4.69) is 6.58 Å². The van der Waals surface area contributed by atoms with E-state index in [9.17, 15) is 4.79 Å². The van der Waals surface area contributed by atoms with Crippen LogP contribution in [0.2, 0.25) is 0 Å². The third-order valence-electron chi connectivity index (χ3n) is 2.08. The Morgan fingerprint density at radius 1 is 1.70 bits per heavy atom. The number of rotatable bonds is 0. The normalized spacial score (nSPS) is 30.8. The van der Waals surface area contributed by atoms with Crippen molar-refractivity contribution < 1.29 is 9.53 Å². The summed E-state index contributed by atoms with van der Waals surface area (Å²) in [6, 6.07) is 0.187. The lowest BCUT2D eigenvalue weighted by Gasteiger charge is -2.08. The highest BCUT2D eigenvalue weighted by Crippen LogP contribution is 2.30. The van der Waals surface area contributed by atoms with Crippen molar-refractivity contribution in [2.75, 3.05) is 6.54 Å². The van der Waals surface area contributed by atoms with Crippen LogP contribution in [0, 0.1) is 0 Å². The molecule has 2 rings (SSSR count). The highest BCUT2D eigenvalue weighted by atomic mass is 16.6. The highest BCUT2D eigenvalue weighted by Gasteiger charge is 2.39. The van der Waals surface area contributed by atoms with Gasteiger partial charge in [0, 0.05) is 6.54 Å². The first-order valence-electron chi connectivity index (χ1n) is 3.46. The number of nitrogens with zero attached hydrogens (tertiary/aromatic N) is 1. The summed E-state index contributed by atoms with van der Waals surface area (Å²) in [5.41, 5.74) is 0. The van der Waals surface area contributed by atoms with Crippen LogP contribution in [0.1, 0.15) is 12.8 Å². The predicted molar refractivity (Wildman–Crippen MR) is 35.3 cm³/mol. The molecule has 0 aromatic rings. The number of hydrogen-bond acceptors (Lipinski definition) is 2. The molecule has 2 aliphatic rings. The fourth-order valence-corrected chi connectivity index (χ4v) is 1.56. The first-order chi connectivity index (χ1) is 4.79. The van der Waals surface area contributed by atoms with Crippen LogP contribution in [-0.2, 0) is 4.74 Å². The molecule has 10 heavy (non-hydrogen) atoms. The van der Waals surface area contributed by atoms with Crippen LogP contribution in [-0.4, -0.2) is 23.6 Å². The van der Waals surface area contributed by atoms with Gasteiger partial charge in [0.1, 0.15) is 5.76 Å². The van der Waals surface area contributed by atoms with Gasteiger partial charge in [-0.25, -0.2) is 4.79 Å². The number of carbonyl (C=O) groups excluding carboxylic acids is 1. The van der Waals surface area contributed by atoms with Crippen LogP contribution in [0.5, 0.6) is 0 Å². The molecule has 1 amide bonds. The SMILES string of the molecule is C=C1OC(=O)N2CCC[C@H]12. The molecule has 0 spiro atoms. The summed E-state index contributed by atoms with van der Waals surface area (Å²) >= 11 is 0. The maximum Gasteiger partial charge on any atom is 0.415 e. The largest absolute Gasteiger partial charge is 0.415 e. The molecule has 0 aromatic heterocycles. The van der Waals surface area contributed by atoms with Crippen LogP contribution in [0.15, 0.2) is 12.3 Å². The molecule has 3 heteroatoms. The zero-order valence-electron chi connectivity index (χ0n) is 5.67. The Morgan fingerprint density at radius 2 is 2.50 bits per heavy atom. The van der Waals surface area contributed by atoms with E-state index in [4.69, 9.17) is 4.74 Å². The van der Waals surface area contributed by atoms with Crippen molar-refractivity contribution in [2.45, 2.75) is 18.9 Å². The van der Waals surface area contributed by atoms with Gasteiger partial charge in [-0.1, -0.05) is 6.58 Å². The Morgan fingerprint density at radius 3 is 3.20 bits per heavy atom. The zero-order chi connectivity index (χ0) is 7.14. The van der Waals surface area contributed by atoms with Gasteiger partial charge in [-0.3, -0.25) is 4.90 Å². The van der Waals surface area contributed by atoms with Crippen molar-refractivity contribution in [2.24, 2.45) is 0 Å². The average molecular weight is 139 g/mol. The van der Waals surface area contributed by atoms with Gasteiger partial charge in [0.05, 0.1) is 6.04 Å². The van der Waals surface area contributed by atoms with E-state index in [0.29, 0.717) is 5.76 Å². The van der Waals surface area contributed by atoms with Gasteiger partial charge < -0.3 is 4.74 Å². The topological polar surface area (TPSA) is 29.5 Å². The lowest BCUT2D eigenvalue weighted by atomic mass is 10.2. The molecule has 0 N–H and O–H groups in total. The monoisotopic (exact) mass is 139 g/mol. The van der Waals surface area contributed by atoms with E-state index in [1.807, 2.05) is 0 Å². The Balaban J connectivity index is 2.27. The third-order valence-corrected chi connectivity index (χ3v) is 2.08. The van der Waals surface area contributed by atoms with Crippen LogP contribution < -0.4 is 0 Å². The van der Waals surface area contributed by atoms with Crippen LogP contribution >= 0.6 is 0 Å². The van der Waals surface area contributed by atoms with Gasteiger partial charge in [-0.15, -0.1) is 0 Å². The highest BCUT2D eigenvalue weighted by molar-refractivity contribution is 5.73. The Bertz CT molecular complexity index is 180. The molecule has 0 unspecified atom stereocenters. The molecule has 0 bridgehead atoms. The first kappa shape index (κ1) is 5.77. The predicted octanol–water partition coefficient (Wildman–Crippen LogP) is 1.11. The summed E-state index contributed by atoms with van der Waals surface area (Å²) in [6.07, 6.45) is 1.89. The van der Waals surface area contributed by atoms with Crippen molar-refractivity contribution in [1.82, 2.24) is 4.90 Å². The summed E-state index contributed by atoms with van der Waals surface area (Å²) in [5.74, 6) is 0.627. The molecule has 2 saturated heterocycles. The van der Waals surface area contributed by atoms with Gasteiger partial charge in [-0.05, 0) is 12.8 Å². The fraction of sp³-hybridized carbons (Fsp3) is 0.571. The Labute approximate surface area is 59.3 Å². The van der Waals surface area contributed by atoms with Gasteiger partial charge >= 0.3 is 6.09 Å². The maximum atomic E-state index is 10.9. The molecule has 0 aromatic carbocycles. The lowest BCUT2D eigenvalue weighted by Crippen LogP contribution is -2.26. The Kier molecular flexibility index (Phi) is 1.01. The summed E-state index contributed by atoms with van der Waals surface area (Å²) in [5, 5.41) is 0. The lowest BCUT2D eigenvalue weighted by molar-refractivity contribution is 0.170. The van der Waals surface area contributed by atoms with Crippen LogP contribution in [0.3, 0.4) is 0 Å². The van der Waals surface area contributed by atoms with Crippen LogP contribution in [0.4, 0.5) is 4.79 Å². The van der Waals surface area contributed by atoms with Crippen molar-refractivity contribution in [3.63, 3.8) is 0 Å². The fourth-order valence-electron chi connectivity index (χ4n) is 1.56. The molecule has 0 aliphatic carbocycles. The molecule has 0 radical (unpaired) electrons. The number of hydrogen-bond donors (Lipinski definition) is 0. The minimum Gasteiger partial charge on any atom is -0.413 e. The molecule has 3 nitrogen and oxygen atoms in total. The number of ether oxygens (including phenoxy) is 1. The van der Waals surface area contributed by atoms with Gasteiger partial charge in [-0.2, -0.15) is 0 Å². The van der Waals surface area contributed by atoms with Crippen molar-refractivity contribution in [1.29, 1.82) is 0 Å². The number of carbonyl (C=O) groups is 1. The average Bonchev–Trinajstić information content (AvgIpc) is 2.39. The van der Waals surface area contributed by atoms with E-state index < -0.39 is 0 Å².